The molecule has 0 aromatic heterocycles. The van der Waals surface area contributed by atoms with E-state index >= 15 is 0 Å². The Morgan fingerprint density at radius 1 is 1.13 bits per heavy atom. The number of rotatable bonds is 4. The van der Waals surface area contributed by atoms with Crippen molar-refractivity contribution in [3.05, 3.63) is 63.7 Å². The van der Waals surface area contributed by atoms with Crippen LogP contribution in [0, 0.1) is 10.1 Å². The second-order valence-corrected chi connectivity index (χ2v) is 4.43. The molecule has 0 spiro atoms. The van der Waals surface area contributed by atoms with Crippen molar-refractivity contribution in [2.45, 2.75) is 6.18 Å². The molecule has 2 N–H and O–H groups in total. The van der Waals surface area contributed by atoms with Gasteiger partial charge in [-0.25, -0.2) is 0 Å². The minimum absolute atomic E-state index is 0.109. The lowest BCUT2D eigenvalue weighted by Gasteiger charge is -2.10. The van der Waals surface area contributed by atoms with Gasteiger partial charge in [-0.15, -0.1) is 0 Å². The summed E-state index contributed by atoms with van der Waals surface area (Å²) in [6, 6.07) is 7.24. The zero-order valence-electron chi connectivity index (χ0n) is 11.3. The quantitative estimate of drug-likeness (QED) is 0.687. The normalized spacial score (nSPS) is 11.1. The summed E-state index contributed by atoms with van der Waals surface area (Å²) in [6.45, 7) is 0. The first-order valence-electron chi connectivity index (χ1n) is 6.12. The zero-order chi connectivity index (χ0) is 17.2. The fourth-order valence-corrected chi connectivity index (χ4v) is 1.74. The fraction of sp³-hybridized carbons (Fsp3) is 0.0714. The largest absolute Gasteiger partial charge is 0.450 e. The summed E-state index contributed by atoms with van der Waals surface area (Å²) in [5, 5.41) is 10.9. The Labute approximate surface area is 127 Å². The second-order valence-electron chi connectivity index (χ2n) is 4.43. The van der Waals surface area contributed by atoms with E-state index in [2.05, 4.69) is 0 Å². The summed E-state index contributed by atoms with van der Waals surface area (Å²) in [6.07, 6.45) is -4.70. The molecule has 0 fully saturated rings. The number of ether oxygens (including phenoxy) is 1. The van der Waals surface area contributed by atoms with E-state index in [1.54, 1.807) is 0 Å². The number of nitro groups is 1. The lowest BCUT2D eigenvalue weighted by atomic mass is 10.1. The maximum atomic E-state index is 12.6. The highest BCUT2D eigenvalue weighted by Gasteiger charge is 2.33. The van der Waals surface area contributed by atoms with Gasteiger partial charge in [0, 0.05) is 11.6 Å². The van der Waals surface area contributed by atoms with E-state index in [-0.39, 0.29) is 17.1 Å². The number of hydrogen-bond acceptors (Lipinski definition) is 4. The van der Waals surface area contributed by atoms with Gasteiger partial charge in [-0.1, -0.05) is 0 Å². The van der Waals surface area contributed by atoms with Crippen molar-refractivity contribution in [1.29, 1.82) is 0 Å². The smallest absolute Gasteiger partial charge is 0.416 e. The summed E-state index contributed by atoms with van der Waals surface area (Å²) in [7, 11) is 0. The molecule has 0 aliphatic carbocycles. The van der Waals surface area contributed by atoms with Crippen LogP contribution in [0.5, 0.6) is 11.5 Å². The van der Waals surface area contributed by atoms with Gasteiger partial charge < -0.3 is 10.5 Å². The average Bonchev–Trinajstić information content (AvgIpc) is 2.46. The zero-order valence-corrected chi connectivity index (χ0v) is 11.3. The highest BCUT2D eigenvalue weighted by Crippen LogP contribution is 2.37. The van der Waals surface area contributed by atoms with Gasteiger partial charge in [0.25, 0.3) is 0 Å². The Kier molecular flexibility index (Phi) is 4.21. The van der Waals surface area contributed by atoms with Gasteiger partial charge in [0.2, 0.25) is 11.7 Å². The number of hydrogen-bond donors (Lipinski definition) is 1. The Morgan fingerprint density at radius 3 is 2.22 bits per heavy atom. The molecule has 2 aromatic rings. The number of benzene rings is 2. The van der Waals surface area contributed by atoms with E-state index in [0.29, 0.717) is 12.1 Å². The molecule has 0 saturated carbocycles. The Hall–Kier alpha value is -3.10. The van der Waals surface area contributed by atoms with Crippen molar-refractivity contribution < 1.29 is 27.6 Å². The summed E-state index contributed by atoms with van der Waals surface area (Å²) in [5.41, 5.74) is 3.28. The molecule has 23 heavy (non-hydrogen) atoms. The SMILES string of the molecule is NC(=O)c1ccc(Oc2ccc(C(F)(F)F)cc2[N+](=O)[O-])cc1. The van der Waals surface area contributed by atoms with E-state index in [1.165, 1.54) is 24.3 Å². The maximum Gasteiger partial charge on any atom is 0.416 e. The van der Waals surface area contributed by atoms with Gasteiger partial charge in [0.1, 0.15) is 5.75 Å². The number of primary amides is 1. The standard InChI is InChI=1S/C14H9F3N2O4/c15-14(16,17)9-3-6-12(11(7-9)19(21)22)23-10-4-1-8(2-5-10)13(18)20/h1-7H,(H2,18,20). The van der Waals surface area contributed by atoms with Crippen molar-refractivity contribution in [3.8, 4) is 11.5 Å². The number of amides is 1. The fourth-order valence-electron chi connectivity index (χ4n) is 1.74. The third-order valence-corrected chi connectivity index (χ3v) is 2.85. The van der Waals surface area contributed by atoms with E-state index in [1.807, 2.05) is 0 Å². The molecular formula is C14H9F3N2O4. The molecule has 6 nitrogen and oxygen atoms in total. The summed E-state index contributed by atoms with van der Waals surface area (Å²) in [5.74, 6) is -0.912. The van der Waals surface area contributed by atoms with Gasteiger partial charge in [-0.2, -0.15) is 13.2 Å². The van der Waals surface area contributed by atoms with E-state index < -0.39 is 28.3 Å². The highest BCUT2D eigenvalue weighted by molar-refractivity contribution is 5.92. The maximum absolute atomic E-state index is 12.6. The second kappa shape index (κ2) is 5.95. The number of nitrogens with two attached hydrogens (primary N) is 1. The number of carbonyl (C=O) groups is 1. The first-order valence-corrected chi connectivity index (χ1v) is 6.12. The van der Waals surface area contributed by atoms with Gasteiger partial charge in [-0.3, -0.25) is 14.9 Å². The van der Waals surface area contributed by atoms with Crippen LogP contribution < -0.4 is 10.5 Å². The molecule has 2 aromatic carbocycles. The van der Waals surface area contributed by atoms with Crippen molar-refractivity contribution >= 4 is 11.6 Å². The number of alkyl halides is 3. The number of halogens is 3. The molecular weight excluding hydrogens is 317 g/mol. The van der Waals surface area contributed by atoms with Crippen molar-refractivity contribution in [2.24, 2.45) is 5.73 Å². The summed E-state index contributed by atoms with van der Waals surface area (Å²) >= 11 is 0. The number of nitro benzene ring substituents is 1. The molecule has 0 unspecified atom stereocenters. The Balaban J connectivity index is 2.35. The van der Waals surface area contributed by atoms with Crippen LogP contribution in [0.1, 0.15) is 15.9 Å². The van der Waals surface area contributed by atoms with Gasteiger partial charge >= 0.3 is 11.9 Å². The van der Waals surface area contributed by atoms with Gasteiger partial charge in [0.15, 0.2) is 0 Å². The van der Waals surface area contributed by atoms with Crippen molar-refractivity contribution in [1.82, 2.24) is 0 Å². The summed E-state index contributed by atoms with van der Waals surface area (Å²) < 4.78 is 43.0. The molecule has 0 heterocycles. The van der Waals surface area contributed by atoms with Crippen LogP contribution in [0.15, 0.2) is 42.5 Å². The molecule has 0 aliphatic rings. The van der Waals surface area contributed by atoms with Crippen LogP contribution in [0.25, 0.3) is 0 Å². The van der Waals surface area contributed by atoms with Crippen LogP contribution >= 0.6 is 0 Å². The first-order chi connectivity index (χ1) is 10.7. The minimum atomic E-state index is -4.70. The van der Waals surface area contributed by atoms with Crippen LogP contribution in [-0.4, -0.2) is 10.8 Å². The van der Waals surface area contributed by atoms with Crippen LogP contribution in [-0.2, 0) is 6.18 Å². The monoisotopic (exact) mass is 326 g/mol. The van der Waals surface area contributed by atoms with Crippen LogP contribution in [0.2, 0.25) is 0 Å². The predicted molar refractivity (Wildman–Crippen MR) is 73.1 cm³/mol. The lowest BCUT2D eigenvalue weighted by molar-refractivity contribution is -0.385. The van der Waals surface area contributed by atoms with Crippen LogP contribution in [0.3, 0.4) is 0 Å². The summed E-state index contributed by atoms with van der Waals surface area (Å²) in [4.78, 5) is 20.9. The van der Waals surface area contributed by atoms with Crippen molar-refractivity contribution in [2.75, 3.05) is 0 Å². The number of carbonyl (C=O) groups excluding carboxylic acids is 1. The molecule has 0 radical (unpaired) electrons. The first kappa shape index (κ1) is 16.3. The van der Waals surface area contributed by atoms with E-state index in [9.17, 15) is 28.1 Å². The molecule has 1 amide bonds. The highest BCUT2D eigenvalue weighted by atomic mass is 19.4. The van der Waals surface area contributed by atoms with E-state index in [0.717, 1.165) is 6.07 Å². The molecule has 120 valence electrons. The molecule has 9 heteroatoms. The molecule has 0 atom stereocenters. The average molecular weight is 326 g/mol. The minimum Gasteiger partial charge on any atom is -0.450 e. The third-order valence-electron chi connectivity index (χ3n) is 2.85. The van der Waals surface area contributed by atoms with E-state index in [4.69, 9.17) is 10.5 Å². The molecule has 0 aliphatic heterocycles. The van der Waals surface area contributed by atoms with Crippen LogP contribution in [0.4, 0.5) is 18.9 Å². The Bertz CT molecular complexity index is 758. The lowest BCUT2D eigenvalue weighted by Crippen LogP contribution is -2.10. The Morgan fingerprint density at radius 2 is 1.74 bits per heavy atom. The third kappa shape index (κ3) is 3.76. The van der Waals surface area contributed by atoms with Gasteiger partial charge in [-0.05, 0) is 36.4 Å². The topological polar surface area (TPSA) is 95.5 Å². The molecule has 0 bridgehead atoms. The molecule has 0 saturated heterocycles. The predicted octanol–water partition coefficient (Wildman–Crippen LogP) is 3.50. The van der Waals surface area contributed by atoms with Crippen molar-refractivity contribution in [3.63, 3.8) is 0 Å². The molecule has 2 rings (SSSR count). The van der Waals surface area contributed by atoms with Gasteiger partial charge in [0.05, 0.1) is 10.5 Å². The number of nitrogens with zero attached hydrogens (tertiary/aromatic N) is 1.